The summed E-state index contributed by atoms with van der Waals surface area (Å²) in [6, 6.07) is 27.3. The molecule has 25 heavy (non-hydrogen) atoms. The van der Waals surface area contributed by atoms with Gasteiger partial charge in [-0.15, -0.1) is 0 Å². The molecule has 1 unspecified atom stereocenters. The second-order valence-corrected chi connectivity index (χ2v) is 7.63. The van der Waals surface area contributed by atoms with Gasteiger partial charge in [-0.25, -0.2) is 4.57 Å². The molecule has 0 saturated heterocycles. The van der Waals surface area contributed by atoms with Crippen LogP contribution in [0.5, 0.6) is 5.75 Å². The van der Waals surface area contributed by atoms with E-state index < -0.39 is 7.60 Å². The molecule has 128 valence electrons. The first-order valence-corrected chi connectivity index (χ1v) is 10.0. The Balaban J connectivity index is 1.77. The van der Waals surface area contributed by atoms with Crippen molar-refractivity contribution in [2.45, 2.75) is 13.1 Å². The molecule has 0 aliphatic heterocycles. The van der Waals surface area contributed by atoms with Crippen molar-refractivity contribution in [1.82, 2.24) is 0 Å². The lowest BCUT2D eigenvalue weighted by Crippen LogP contribution is -2.01. The number of benzene rings is 3. The van der Waals surface area contributed by atoms with Gasteiger partial charge in [0.15, 0.2) is 0 Å². The normalized spacial score (nSPS) is 13.2. The van der Waals surface area contributed by atoms with E-state index in [4.69, 9.17) is 9.05 Å². The number of hydrogen-bond donors (Lipinski definition) is 0. The molecule has 3 aromatic carbocycles. The average molecular weight is 352 g/mol. The first kappa shape index (κ1) is 17.5. The Labute approximate surface area is 148 Å². The highest BCUT2D eigenvalue weighted by Crippen LogP contribution is 2.51. The molecule has 3 nitrogen and oxygen atoms in total. The third-order valence-electron chi connectivity index (χ3n) is 3.75. The van der Waals surface area contributed by atoms with Crippen LogP contribution in [-0.2, 0) is 15.3 Å². The maximum atomic E-state index is 13.1. The molecule has 0 aliphatic carbocycles. The fourth-order valence-corrected chi connectivity index (χ4v) is 4.31. The van der Waals surface area contributed by atoms with E-state index in [9.17, 15) is 4.57 Å². The minimum atomic E-state index is -3.25. The van der Waals surface area contributed by atoms with Crippen LogP contribution in [0.25, 0.3) is 11.1 Å². The first-order chi connectivity index (χ1) is 12.2. The van der Waals surface area contributed by atoms with E-state index in [-0.39, 0.29) is 6.16 Å². The molecule has 3 rings (SSSR count). The summed E-state index contributed by atoms with van der Waals surface area (Å²) in [6.45, 7) is 2.16. The molecule has 0 fully saturated rings. The zero-order chi connectivity index (χ0) is 17.5. The van der Waals surface area contributed by atoms with Crippen LogP contribution in [-0.4, -0.2) is 6.61 Å². The molecule has 0 heterocycles. The minimum absolute atomic E-state index is 0.252. The molecule has 3 aromatic rings. The standard InChI is InChI=1S/C21H21O3P/c1-2-23-25(22,17-18-9-5-3-6-10-18)24-21-15-13-20(14-16-21)19-11-7-4-8-12-19/h3-16H,2,17H2,1H3. The van der Waals surface area contributed by atoms with Crippen LogP contribution in [0.2, 0.25) is 0 Å². The van der Waals surface area contributed by atoms with Crippen molar-refractivity contribution in [3.63, 3.8) is 0 Å². The van der Waals surface area contributed by atoms with E-state index in [1.54, 1.807) is 0 Å². The predicted molar refractivity (Wildman–Crippen MR) is 102 cm³/mol. The molecule has 0 spiro atoms. The second kappa shape index (κ2) is 8.15. The lowest BCUT2D eigenvalue weighted by atomic mass is 10.1. The zero-order valence-electron chi connectivity index (χ0n) is 14.2. The smallest absolute Gasteiger partial charge is 0.383 e. The van der Waals surface area contributed by atoms with Gasteiger partial charge in [0.1, 0.15) is 5.75 Å². The Hall–Kier alpha value is -2.35. The monoisotopic (exact) mass is 352 g/mol. The van der Waals surface area contributed by atoms with Crippen molar-refractivity contribution in [2.24, 2.45) is 0 Å². The van der Waals surface area contributed by atoms with E-state index >= 15 is 0 Å². The fraction of sp³-hybridized carbons (Fsp3) is 0.143. The molecular weight excluding hydrogens is 331 g/mol. The maximum absolute atomic E-state index is 13.1. The van der Waals surface area contributed by atoms with Crippen LogP contribution in [0.1, 0.15) is 12.5 Å². The van der Waals surface area contributed by atoms with Gasteiger partial charge in [-0.1, -0.05) is 72.8 Å². The maximum Gasteiger partial charge on any atom is 0.383 e. The average Bonchev–Trinajstić information content (AvgIpc) is 2.64. The quantitative estimate of drug-likeness (QED) is 0.478. The largest absolute Gasteiger partial charge is 0.424 e. The predicted octanol–water partition coefficient (Wildman–Crippen LogP) is 6.16. The van der Waals surface area contributed by atoms with Crippen molar-refractivity contribution in [2.75, 3.05) is 6.61 Å². The Morgan fingerprint density at radius 2 is 1.32 bits per heavy atom. The molecule has 0 amide bonds. The third-order valence-corrected chi connectivity index (χ3v) is 5.64. The van der Waals surface area contributed by atoms with Crippen LogP contribution in [0, 0.1) is 0 Å². The van der Waals surface area contributed by atoms with Crippen molar-refractivity contribution in [3.05, 3.63) is 90.5 Å². The molecule has 0 bridgehead atoms. The highest BCUT2D eigenvalue weighted by Gasteiger charge is 2.26. The summed E-state index contributed by atoms with van der Waals surface area (Å²) >= 11 is 0. The van der Waals surface area contributed by atoms with Gasteiger partial charge >= 0.3 is 7.60 Å². The summed E-state index contributed by atoms with van der Waals surface area (Å²) in [5, 5.41) is 0. The molecule has 1 atom stereocenters. The van der Waals surface area contributed by atoms with Gasteiger partial charge in [-0.2, -0.15) is 0 Å². The number of hydrogen-bond acceptors (Lipinski definition) is 3. The second-order valence-electron chi connectivity index (χ2n) is 5.65. The van der Waals surface area contributed by atoms with E-state index in [2.05, 4.69) is 12.1 Å². The lowest BCUT2D eigenvalue weighted by Gasteiger charge is -2.19. The summed E-state index contributed by atoms with van der Waals surface area (Å²) in [5.74, 6) is 0.549. The van der Waals surface area contributed by atoms with Crippen LogP contribution >= 0.6 is 7.60 Å². The molecular formula is C21H21O3P. The Morgan fingerprint density at radius 3 is 1.92 bits per heavy atom. The fourth-order valence-electron chi connectivity index (χ4n) is 2.61. The van der Waals surface area contributed by atoms with E-state index in [1.165, 1.54) is 0 Å². The first-order valence-electron chi connectivity index (χ1n) is 8.31. The molecule has 0 saturated carbocycles. The number of rotatable bonds is 7. The van der Waals surface area contributed by atoms with Crippen molar-refractivity contribution in [1.29, 1.82) is 0 Å². The summed E-state index contributed by atoms with van der Waals surface area (Å²) in [5.41, 5.74) is 3.15. The Kier molecular flexibility index (Phi) is 5.70. The molecule has 4 heteroatoms. The SMILES string of the molecule is CCOP(=O)(Cc1ccccc1)Oc1ccc(-c2ccccc2)cc1. The van der Waals surface area contributed by atoms with Crippen LogP contribution < -0.4 is 4.52 Å². The van der Waals surface area contributed by atoms with Crippen molar-refractivity contribution < 1.29 is 13.6 Å². The summed E-state index contributed by atoms with van der Waals surface area (Å²) in [4.78, 5) is 0. The van der Waals surface area contributed by atoms with Gasteiger partial charge < -0.3 is 4.52 Å². The molecule has 0 aliphatic rings. The summed E-state index contributed by atoms with van der Waals surface area (Å²) < 4.78 is 24.3. The molecule has 0 radical (unpaired) electrons. The van der Waals surface area contributed by atoms with Gasteiger partial charge in [0.25, 0.3) is 0 Å². The van der Waals surface area contributed by atoms with Gasteiger partial charge in [0, 0.05) is 0 Å². The van der Waals surface area contributed by atoms with Crippen LogP contribution in [0.3, 0.4) is 0 Å². The van der Waals surface area contributed by atoms with Crippen molar-refractivity contribution in [3.8, 4) is 16.9 Å². The van der Waals surface area contributed by atoms with Crippen LogP contribution in [0.15, 0.2) is 84.9 Å². The van der Waals surface area contributed by atoms with E-state index in [1.807, 2.05) is 79.7 Å². The van der Waals surface area contributed by atoms with Gasteiger partial charge in [0.05, 0.1) is 12.8 Å². The van der Waals surface area contributed by atoms with Crippen molar-refractivity contribution >= 4 is 7.60 Å². The zero-order valence-corrected chi connectivity index (χ0v) is 15.1. The van der Waals surface area contributed by atoms with E-state index in [0.717, 1.165) is 16.7 Å². The van der Waals surface area contributed by atoms with Crippen LogP contribution in [0.4, 0.5) is 0 Å². The summed E-state index contributed by atoms with van der Waals surface area (Å²) in [7, 11) is -3.25. The molecule has 0 N–H and O–H groups in total. The Morgan fingerprint density at radius 1 is 0.760 bits per heavy atom. The Bertz CT molecular complexity index is 830. The molecule has 0 aromatic heterocycles. The van der Waals surface area contributed by atoms with E-state index in [0.29, 0.717) is 12.4 Å². The lowest BCUT2D eigenvalue weighted by molar-refractivity contribution is 0.278. The van der Waals surface area contributed by atoms with Gasteiger partial charge in [0.2, 0.25) is 0 Å². The highest BCUT2D eigenvalue weighted by molar-refractivity contribution is 7.53. The summed E-state index contributed by atoms with van der Waals surface area (Å²) in [6.07, 6.45) is 0.252. The minimum Gasteiger partial charge on any atom is -0.424 e. The highest BCUT2D eigenvalue weighted by atomic mass is 31.2. The third kappa shape index (κ3) is 4.82. The van der Waals surface area contributed by atoms with Gasteiger partial charge in [-0.3, -0.25) is 4.52 Å². The van der Waals surface area contributed by atoms with Gasteiger partial charge in [-0.05, 0) is 35.7 Å². The topological polar surface area (TPSA) is 35.5 Å².